The Labute approximate surface area is 112 Å². The molecule has 1 heterocycles. The first-order valence-corrected chi connectivity index (χ1v) is 6.03. The van der Waals surface area contributed by atoms with Gasteiger partial charge in [0.25, 0.3) is 0 Å². The average molecular weight is 306 g/mol. The molecule has 0 spiro atoms. The average Bonchev–Trinajstić information content (AvgIpc) is 2.40. The second-order valence-corrected chi connectivity index (χ2v) is 4.46. The molecule has 1 aromatic carbocycles. The van der Waals surface area contributed by atoms with Gasteiger partial charge in [-0.3, -0.25) is 0 Å². The van der Waals surface area contributed by atoms with Crippen molar-refractivity contribution in [3.63, 3.8) is 0 Å². The van der Waals surface area contributed by atoms with E-state index in [4.69, 9.17) is 5.26 Å². The number of hydrogen-bond donors (Lipinski definition) is 1. The van der Waals surface area contributed by atoms with Gasteiger partial charge in [-0.15, -0.1) is 0 Å². The largest absolute Gasteiger partial charge is 0.366 e. The lowest BCUT2D eigenvalue weighted by molar-refractivity contribution is 0.625. The maximum absolute atomic E-state index is 13.1. The smallest absolute Gasteiger partial charge is 0.142 e. The van der Waals surface area contributed by atoms with E-state index in [1.54, 1.807) is 24.3 Å². The quantitative estimate of drug-likeness (QED) is 0.944. The van der Waals surface area contributed by atoms with Crippen molar-refractivity contribution in [2.45, 2.75) is 6.54 Å². The fourth-order valence-corrected chi connectivity index (χ4v) is 1.85. The van der Waals surface area contributed by atoms with Crippen molar-refractivity contribution in [1.82, 2.24) is 4.98 Å². The minimum atomic E-state index is -0.284. The van der Waals surface area contributed by atoms with Crippen LogP contribution in [0.3, 0.4) is 0 Å². The fourth-order valence-electron chi connectivity index (χ4n) is 1.46. The van der Waals surface area contributed by atoms with Gasteiger partial charge in [0, 0.05) is 11.0 Å². The summed E-state index contributed by atoms with van der Waals surface area (Å²) in [6, 6.07) is 11.6. The molecule has 0 amide bonds. The Kier molecular flexibility index (Phi) is 3.90. The Balaban J connectivity index is 2.11. The maximum atomic E-state index is 13.1. The summed E-state index contributed by atoms with van der Waals surface area (Å²) in [4.78, 5) is 4.08. The molecule has 0 radical (unpaired) electrons. The molecule has 3 nitrogen and oxygen atoms in total. The van der Waals surface area contributed by atoms with E-state index in [1.165, 1.54) is 12.1 Å². The predicted octanol–water partition coefficient (Wildman–Crippen LogP) is 3.47. The van der Waals surface area contributed by atoms with Gasteiger partial charge in [0.2, 0.25) is 0 Å². The lowest BCUT2D eigenvalue weighted by Crippen LogP contribution is -2.03. The summed E-state index contributed by atoms with van der Waals surface area (Å²) in [7, 11) is 0. The normalized spacial score (nSPS) is 9.83. The Bertz CT molecular complexity index is 607. The lowest BCUT2D eigenvalue weighted by atomic mass is 10.2. The zero-order valence-corrected chi connectivity index (χ0v) is 10.9. The predicted molar refractivity (Wildman–Crippen MR) is 70.4 cm³/mol. The van der Waals surface area contributed by atoms with Crippen LogP contribution < -0.4 is 5.32 Å². The topological polar surface area (TPSA) is 48.7 Å². The third-order valence-corrected chi connectivity index (χ3v) is 3.10. The van der Waals surface area contributed by atoms with Gasteiger partial charge in [0.15, 0.2) is 0 Å². The molecule has 2 rings (SSSR count). The minimum absolute atomic E-state index is 0.284. The number of benzene rings is 1. The van der Waals surface area contributed by atoms with Crippen LogP contribution in [0.15, 0.2) is 40.9 Å². The molecule has 0 bridgehead atoms. The van der Waals surface area contributed by atoms with Gasteiger partial charge in [0.05, 0.1) is 0 Å². The van der Waals surface area contributed by atoms with Crippen molar-refractivity contribution in [2.75, 3.05) is 5.32 Å². The molecular weight excluding hydrogens is 297 g/mol. The van der Waals surface area contributed by atoms with Crippen LogP contribution in [0.5, 0.6) is 0 Å². The molecule has 2 aromatic rings. The Morgan fingerprint density at radius 2 is 2.17 bits per heavy atom. The second kappa shape index (κ2) is 5.61. The summed E-state index contributed by atoms with van der Waals surface area (Å²) in [6.45, 7) is 0.431. The number of nitrogens with one attached hydrogen (secondary N) is 1. The molecule has 18 heavy (non-hydrogen) atoms. The molecule has 1 N–H and O–H groups in total. The van der Waals surface area contributed by atoms with E-state index >= 15 is 0 Å². The van der Waals surface area contributed by atoms with Crippen LogP contribution in [0.25, 0.3) is 0 Å². The first-order chi connectivity index (χ1) is 8.69. The van der Waals surface area contributed by atoms with Crippen LogP contribution >= 0.6 is 15.9 Å². The highest BCUT2D eigenvalue weighted by Crippen LogP contribution is 2.19. The monoisotopic (exact) mass is 305 g/mol. The number of halogens is 2. The number of pyridine rings is 1. The summed E-state index contributed by atoms with van der Waals surface area (Å²) in [6.07, 6.45) is 0. The molecule has 0 unspecified atom stereocenters. The maximum Gasteiger partial charge on any atom is 0.142 e. The zero-order valence-electron chi connectivity index (χ0n) is 9.32. The van der Waals surface area contributed by atoms with E-state index < -0.39 is 0 Å². The van der Waals surface area contributed by atoms with Gasteiger partial charge < -0.3 is 5.32 Å². The molecule has 1 aromatic heterocycles. The molecule has 90 valence electrons. The van der Waals surface area contributed by atoms with Gasteiger partial charge in [-0.1, -0.05) is 22.0 Å². The summed E-state index contributed by atoms with van der Waals surface area (Å²) < 4.78 is 13.9. The molecule has 0 fully saturated rings. The standard InChI is InChI=1S/C13H9BrFN3/c14-12-5-4-10(15)6-9(12)8-17-13-3-1-2-11(7-16)18-13/h1-6H,8H2,(H,17,18). The summed E-state index contributed by atoms with van der Waals surface area (Å²) in [5, 5.41) is 11.8. The van der Waals surface area contributed by atoms with E-state index in [0.717, 1.165) is 10.0 Å². The van der Waals surface area contributed by atoms with E-state index in [0.29, 0.717) is 18.1 Å². The van der Waals surface area contributed by atoms with Gasteiger partial charge >= 0.3 is 0 Å². The summed E-state index contributed by atoms with van der Waals surface area (Å²) in [5.41, 5.74) is 1.14. The van der Waals surface area contributed by atoms with Gasteiger partial charge in [-0.2, -0.15) is 5.26 Å². The van der Waals surface area contributed by atoms with Crippen LogP contribution in [0, 0.1) is 17.1 Å². The van der Waals surface area contributed by atoms with Gasteiger partial charge in [0.1, 0.15) is 23.4 Å². The highest BCUT2D eigenvalue weighted by Gasteiger charge is 2.02. The van der Waals surface area contributed by atoms with Crippen LogP contribution in [0.2, 0.25) is 0 Å². The molecule has 0 aliphatic carbocycles. The Hall–Kier alpha value is -1.93. The third-order valence-electron chi connectivity index (χ3n) is 2.33. The molecule has 5 heteroatoms. The van der Waals surface area contributed by atoms with E-state index in [1.807, 2.05) is 6.07 Å². The lowest BCUT2D eigenvalue weighted by Gasteiger charge is -2.07. The van der Waals surface area contributed by atoms with Crippen LogP contribution in [0.1, 0.15) is 11.3 Å². The summed E-state index contributed by atoms with van der Waals surface area (Å²) >= 11 is 3.35. The number of nitrogens with zero attached hydrogens (tertiary/aromatic N) is 2. The van der Waals surface area contributed by atoms with Crippen molar-refractivity contribution in [2.24, 2.45) is 0 Å². The third kappa shape index (κ3) is 3.05. The molecule has 0 aliphatic heterocycles. The Morgan fingerprint density at radius 3 is 2.94 bits per heavy atom. The van der Waals surface area contributed by atoms with E-state index in [-0.39, 0.29) is 5.82 Å². The summed E-state index contributed by atoms with van der Waals surface area (Å²) in [5.74, 6) is 0.305. The van der Waals surface area contributed by atoms with Crippen LogP contribution in [-0.2, 0) is 6.54 Å². The number of rotatable bonds is 3. The van der Waals surface area contributed by atoms with Crippen molar-refractivity contribution in [3.8, 4) is 6.07 Å². The molecule has 0 aliphatic rings. The first kappa shape index (κ1) is 12.5. The molecule has 0 saturated carbocycles. The van der Waals surface area contributed by atoms with E-state index in [9.17, 15) is 4.39 Å². The van der Waals surface area contributed by atoms with Crippen molar-refractivity contribution < 1.29 is 4.39 Å². The molecule has 0 saturated heterocycles. The first-order valence-electron chi connectivity index (χ1n) is 5.24. The Morgan fingerprint density at radius 1 is 1.33 bits per heavy atom. The minimum Gasteiger partial charge on any atom is -0.366 e. The fraction of sp³-hybridized carbons (Fsp3) is 0.0769. The van der Waals surface area contributed by atoms with E-state index in [2.05, 4.69) is 26.2 Å². The van der Waals surface area contributed by atoms with Crippen molar-refractivity contribution in [1.29, 1.82) is 5.26 Å². The highest BCUT2D eigenvalue weighted by atomic mass is 79.9. The van der Waals surface area contributed by atoms with Crippen molar-refractivity contribution in [3.05, 3.63) is 57.9 Å². The second-order valence-electron chi connectivity index (χ2n) is 3.61. The highest BCUT2D eigenvalue weighted by molar-refractivity contribution is 9.10. The van der Waals surface area contributed by atoms with Crippen molar-refractivity contribution >= 4 is 21.7 Å². The van der Waals surface area contributed by atoms with Gasteiger partial charge in [-0.05, 0) is 35.9 Å². The SMILES string of the molecule is N#Cc1cccc(NCc2cc(F)ccc2Br)n1. The number of hydrogen-bond acceptors (Lipinski definition) is 3. The van der Waals surface area contributed by atoms with Crippen LogP contribution in [0.4, 0.5) is 10.2 Å². The number of aromatic nitrogens is 1. The molecule has 0 atom stereocenters. The molecular formula is C13H9BrFN3. The number of anilines is 1. The van der Waals surface area contributed by atoms with Gasteiger partial charge in [-0.25, -0.2) is 9.37 Å². The van der Waals surface area contributed by atoms with Crippen LogP contribution in [-0.4, -0.2) is 4.98 Å². The number of nitriles is 1. The zero-order chi connectivity index (χ0) is 13.0.